The average Bonchev–Trinajstić information content (AvgIpc) is 2.32. The Morgan fingerprint density at radius 2 is 2.06 bits per heavy atom. The number of rotatable bonds is 4. The van der Waals surface area contributed by atoms with Crippen molar-refractivity contribution < 1.29 is 4.79 Å². The van der Waals surface area contributed by atoms with Gasteiger partial charge in [0, 0.05) is 18.5 Å². The lowest BCUT2D eigenvalue weighted by molar-refractivity contribution is -0.118. The highest BCUT2D eigenvalue weighted by Crippen LogP contribution is 2.37. The van der Waals surface area contributed by atoms with Gasteiger partial charge in [0.25, 0.3) is 0 Å². The van der Waals surface area contributed by atoms with Crippen molar-refractivity contribution in [3.8, 4) is 0 Å². The molecule has 1 amide bonds. The summed E-state index contributed by atoms with van der Waals surface area (Å²) in [6.45, 7) is 4.30. The fourth-order valence-corrected chi connectivity index (χ4v) is 2.88. The van der Waals surface area contributed by atoms with Crippen LogP contribution in [0.15, 0.2) is 24.3 Å². The highest BCUT2D eigenvalue weighted by Gasteiger charge is 2.25. The van der Waals surface area contributed by atoms with Crippen molar-refractivity contribution in [3.05, 3.63) is 35.4 Å². The van der Waals surface area contributed by atoms with Gasteiger partial charge in [0.1, 0.15) is 0 Å². The largest absolute Gasteiger partial charge is 0.370 e. The SMILES string of the molecule is C[C@@H]1CC[C@H](N[C@@H](C)CC(N)=O)c2ccccc21. The van der Waals surface area contributed by atoms with E-state index in [2.05, 4.69) is 36.5 Å². The van der Waals surface area contributed by atoms with E-state index < -0.39 is 0 Å². The van der Waals surface area contributed by atoms with E-state index in [0.717, 1.165) is 6.42 Å². The average molecular weight is 246 g/mol. The van der Waals surface area contributed by atoms with Gasteiger partial charge in [-0.05, 0) is 36.8 Å². The molecule has 1 aromatic carbocycles. The number of fused-ring (bicyclic) bond motifs is 1. The molecule has 3 N–H and O–H groups in total. The quantitative estimate of drug-likeness (QED) is 0.857. The van der Waals surface area contributed by atoms with Crippen molar-refractivity contribution in [2.45, 2.75) is 51.1 Å². The Bertz CT molecular complexity index is 430. The second-order valence-corrected chi connectivity index (χ2v) is 5.40. The molecule has 1 aliphatic rings. The second kappa shape index (κ2) is 5.53. The summed E-state index contributed by atoms with van der Waals surface area (Å²) in [5.41, 5.74) is 8.06. The number of amides is 1. The Morgan fingerprint density at radius 1 is 1.39 bits per heavy atom. The van der Waals surface area contributed by atoms with Gasteiger partial charge in [-0.25, -0.2) is 0 Å². The maximum Gasteiger partial charge on any atom is 0.218 e. The third-order valence-electron chi connectivity index (χ3n) is 3.78. The van der Waals surface area contributed by atoms with E-state index in [1.807, 2.05) is 6.92 Å². The van der Waals surface area contributed by atoms with E-state index in [0.29, 0.717) is 18.4 Å². The van der Waals surface area contributed by atoms with Crippen LogP contribution in [0.5, 0.6) is 0 Å². The smallest absolute Gasteiger partial charge is 0.218 e. The lowest BCUT2D eigenvalue weighted by atomic mass is 9.81. The molecule has 18 heavy (non-hydrogen) atoms. The Hall–Kier alpha value is -1.35. The van der Waals surface area contributed by atoms with E-state index in [9.17, 15) is 4.79 Å². The van der Waals surface area contributed by atoms with Gasteiger partial charge in [-0.15, -0.1) is 0 Å². The van der Waals surface area contributed by atoms with Crippen LogP contribution in [0.4, 0.5) is 0 Å². The van der Waals surface area contributed by atoms with Gasteiger partial charge in [-0.3, -0.25) is 4.79 Å². The number of hydrogen-bond donors (Lipinski definition) is 2. The van der Waals surface area contributed by atoms with Crippen LogP contribution in [0.1, 0.15) is 56.2 Å². The standard InChI is InChI=1S/C15H22N2O/c1-10-7-8-14(17-11(2)9-15(16)18)13-6-4-3-5-12(10)13/h3-6,10-11,14,17H,7-9H2,1-2H3,(H2,16,18)/t10-,11+,14+/m1/s1. The summed E-state index contributed by atoms with van der Waals surface area (Å²) in [4.78, 5) is 10.9. The first-order valence-electron chi connectivity index (χ1n) is 6.71. The summed E-state index contributed by atoms with van der Waals surface area (Å²) >= 11 is 0. The minimum atomic E-state index is -0.243. The predicted octanol–water partition coefficient (Wildman–Crippen LogP) is 2.48. The van der Waals surface area contributed by atoms with Crippen molar-refractivity contribution in [3.63, 3.8) is 0 Å². The zero-order chi connectivity index (χ0) is 13.1. The summed E-state index contributed by atoms with van der Waals surface area (Å²) in [5.74, 6) is 0.387. The normalized spacial score (nSPS) is 24.3. The summed E-state index contributed by atoms with van der Waals surface area (Å²) in [7, 11) is 0. The minimum absolute atomic E-state index is 0.133. The Kier molecular flexibility index (Phi) is 4.02. The number of carbonyl (C=O) groups excluding carboxylic acids is 1. The molecule has 1 aromatic rings. The highest BCUT2D eigenvalue weighted by atomic mass is 16.1. The molecule has 2 rings (SSSR count). The first-order valence-corrected chi connectivity index (χ1v) is 6.71. The van der Waals surface area contributed by atoms with Gasteiger partial charge < -0.3 is 11.1 Å². The van der Waals surface area contributed by atoms with E-state index >= 15 is 0 Å². The molecule has 1 aliphatic carbocycles. The van der Waals surface area contributed by atoms with Crippen molar-refractivity contribution in [2.75, 3.05) is 0 Å². The molecular formula is C15H22N2O. The monoisotopic (exact) mass is 246 g/mol. The van der Waals surface area contributed by atoms with E-state index in [1.54, 1.807) is 0 Å². The van der Waals surface area contributed by atoms with Crippen LogP contribution in [0.2, 0.25) is 0 Å². The number of carbonyl (C=O) groups is 1. The molecule has 3 heteroatoms. The molecule has 0 heterocycles. The molecule has 0 saturated heterocycles. The van der Waals surface area contributed by atoms with Crippen LogP contribution in [0.25, 0.3) is 0 Å². The maximum absolute atomic E-state index is 10.9. The molecular weight excluding hydrogens is 224 g/mol. The molecule has 0 radical (unpaired) electrons. The fraction of sp³-hybridized carbons (Fsp3) is 0.533. The minimum Gasteiger partial charge on any atom is -0.370 e. The number of benzene rings is 1. The lowest BCUT2D eigenvalue weighted by Gasteiger charge is -2.32. The van der Waals surface area contributed by atoms with Gasteiger partial charge in [-0.1, -0.05) is 31.2 Å². The van der Waals surface area contributed by atoms with Gasteiger partial charge in [0.2, 0.25) is 5.91 Å². The van der Waals surface area contributed by atoms with Crippen LogP contribution in [-0.2, 0) is 4.79 Å². The first-order chi connectivity index (χ1) is 8.58. The Labute approximate surface area is 109 Å². The van der Waals surface area contributed by atoms with Crippen LogP contribution < -0.4 is 11.1 Å². The summed E-state index contributed by atoms with van der Waals surface area (Å²) in [5, 5.41) is 3.53. The van der Waals surface area contributed by atoms with Crippen molar-refractivity contribution in [1.82, 2.24) is 5.32 Å². The Balaban J connectivity index is 2.11. The van der Waals surface area contributed by atoms with Crippen LogP contribution in [0.3, 0.4) is 0 Å². The molecule has 0 unspecified atom stereocenters. The molecule has 0 bridgehead atoms. The zero-order valence-corrected chi connectivity index (χ0v) is 11.1. The maximum atomic E-state index is 10.9. The van der Waals surface area contributed by atoms with Crippen molar-refractivity contribution >= 4 is 5.91 Å². The van der Waals surface area contributed by atoms with Gasteiger partial charge in [-0.2, -0.15) is 0 Å². The summed E-state index contributed by atoms with van der Waals surface area (Å²) in [6.07, 6.45) is 2.72. The van der Waals surface area contributed by atoms with E-state index in [1.165, 1.54) is 17.5 Å². The van der Waals surface area contributed by atoms with E-state index in [-0.39, 0.29) is 11.9 Å². The van der Waals surface area contributed by atoms with Gasteiger partial charge in [0.15, 0.2) is 0 Å². The highest BCUT2D eigenvalue weighted by molar-refractivity contribution is 5.74. The van der Waals surface area contributed by atoms with Crippen LogP contribution in [0, 0.1) is 0 Å². The van der Waals surface area contributed by atoms with E-state index in [4.69, 9.17) is 5.73 Å². The molecule has 0 aromatic heterocycles. The third kappa shape index (κ3) is 2.91. The van der Waals surface area contributed by atoms with Gasteiger partial charge >= 0.3 is 0 Å². The van der Waals surface area contributed by atoms with Crippen molar-refractivity contribution in [1.29, 1.82) is 0 Å². The fourth-order valence-electron chi connectivity index (χ4n) is 2.88. The van der Waals surface area contributed by atoms with Crippen LogP contribution in [-0.4, -0.2) is 11.9 Å². The predicted molar refractivity (Wildman–Crippen MR) is 73.2 cm³/mol. The topological polar surface area (TPSA) is 55.1 Å². The third-order valence-corrected chi connectivity index (χ3v) is 3.78. The molecule has 3 nitrogen and oxygen atoms in total. The van der Waals surface area contributed by atoms with Gasteiger partial charge in [0.05, 0.1) is 0 Å². The summed E-state index contributed by atoms with van der Waals surface area (Å²) in [6, 6.07) is 9.09. The Morgan fingerprint density at radius 3 is 2.72 bits per heavy atom. The molecule has 0 fully saturated rings. The van der Waals surface area contributed by atoms with Crippen molar-refractivity contribution in [2.24, 2.45) is 5.73 Å². The summed E-state index contributed by atoms with van der Waals surface area (Å²) < 4.78 is 0. The lowest BCUT2D eigenvalue weighted by Crippen LogP contribution is -2.35. The molecule has 3 atom stereocenters. The number of hydrogen-bond acceptors (Lipinski definition) is 2. The number of primary amides is 1. The first kappa shape index (κ1) is 13.1. The molecule has 0 saturated carbocycles. The second-order valence-electron chi connectivity index (χ2n) is 5.40. The zero-order valence-electron chi connectivity index (χ0n) is 11.1. The molecule has 0 spiro atoms. The number of nitrogens with two attached hydrogens (primary N) is 1. The molecule has 0 aliphatic heterocycles. The molecule has 98 valence electrons. The number of nitrogens with one attached hydrogen (secondary N) is 1. The van der Waals surface area contributed by atoms with Crippen LogP contribution >= 0.6 is 0 Å².